The van der Waals surface area contributed by atoms with E-state index in [1.54, 1.807) is 0 Å². The van der Waals surface area contributed by atoms with Crippen molar-refractivity contribution in [2.45, 2.75) is 0 Å². The van der Waals surface area contributed by atoms with E-state index in [1.807, 2.05) is 11.3 Å². The van der Waals surface area contributed by atoms with Crippen LogP contribution in [0.4, 0.5) is 17.1 Å². The Kier molecular flexibility index (Phi) is 7.75. The number of rotatable bonds is 6. The highest BCUT2D eigenvalue weighted by molar-refractivity contribution is 7.25. The molecule has 2 aromatic heterocycles. The maximum absolute atomic E-state index is 2.39. The molecule has 0 saturated carbocycles. The Morgan fingerprint density at radius 1 is 0.339 bits per heavy atom. The van der Waals surface area contributed by atoms with E-state index in [-0.39, 0.29) is 0 Å². The van der Waals surface area contributed by atoms with E-state index in [4.69, 9.17) is 0 Å². The second kappa shape index (κ2) is 13.6. The highest BCUT2D eigenvalue weighted by Gasteiger charge is 2.17. The molecule has 0 N–H and O–H groups in total. The van der Waals surface area contributed by atoms with Gasteiger partial charge in [0, 0.05) is 53.7 Å². The van der Waals surface area contributed by atoms with Crippen LogP contribution in [0.5, 0.6) is 0 Å². The van der Waals surface area contributed by atoms with Crippen molar-refractivity contribution in [2.24, 2.45) is 0 Å². The first kappa shape index (κ1) is 33.7. The number of benzene rings is 10. The molecule has 10 aromatic carbocycles. The van der Waals surface area contributed by atoms with Gasteiger partial charge in [-0.2, -0.15) is 0 Å². The van der Waals surface area contributed by atoms with Gasteiger partial charge in [-0.05, 0) is 123 Å². The summed E-state index contributed by atoms with van der Waals surface area (Å²) in [6.07, 6.45) is 0. The van der Waals surface area contributed by atoms with Crippen LogP contribution >= 0.6 is 11.3 Å². The number of anilines is 3. The molecular formula is C56H36N2S. The average molecular weight is 769 g/mol. The fourth-order valence-electron chi connectivity index (χ4n) is 9.19. The lowest BCUT2D eigenvalue weighted by molar-refractivity contribution is 1.18. The van der Waals surface area contributed by atoms with Gasteiger partial charge >= 0.3 is 0 Å². The predicted molar refractivity (Wildman–Crippen MR) is 254 cm³/mol. The minimum absolute atomic E-state index is 1.11. The van der Waals surface area contributed by atoms with Gasteiger partial charge in [0.25, 0.3) is 0 Å². The molecule has 0 bridgehead atoms. The lowest BCUT2D eigenvalue weighted by Gasteiger charge is -2.26. The van der Waals surface area contributed by atoms with Gasteiger partial charge in [-0.15, -0.1) is 11.3 Å². The highest BCUT2D eigenvalue weighted by Crippen LogP contribution is 2.43. The molecule has 0 atom stereocenters. The molecule has 276 valence electrons. The van der Waals surface area contributed by atoms with Gasteiger partial charge in [0.05, 0.1) is 11.0 Å². The van der Waals surface area contributed by atoms with Crippen molar-refractivity contribution in [3.8, 4) is 27.9 Å². The summed E-state index contributed by atoms with van der Waals surface area (Å²) in [5.74, 6) is 0. The molecule has 0 spiro atoms. The number of fused-ring (bicyclic) bond motifs is 9. The monoisotopic (exact) mass is 768 g/mol. The zero-order chi connectivity index (χ0) is 38.9. The minimum atomic E-state index is 1.11. The second-order valence-electron chi connectivity index (χ2n) is 15.3. The van der Waals surface area contributed by atoms with Crippen molar-refractivity contribution >= 4 is 91.9 Å². The van der Waals surface area contributed by atoms with Crippen molar-refractivity contribution in [1.82, 2.24) is 4.57 Å². The van der Waals surface area contributed by atoms with Gasteiger partial charge in [0.2, 0.25) is 0 Å². The van der Waals surface area contributed by atoms with Gasteiger partial charge < -0.3 is 9.47 Å². The molecule has 0 aliphatic rings. The first-order chi connectivity index (χ1) is 29.2. The Balaban J connectivity index is 0.977. The van der Waals surface area contributed by atoms with Gasteiger partial charge in [-0.1, -0.05) is 140 Å². The number of aromatic nitrogens is 1. The third kappa shape index (κ3) is 5.55. The SMILES string of the molecule is c1ccc(-n2c3ccccc3c3cc(-c4ccc(N(c5ccc(-c6cccc7sc8ccccc8c67)cc5)c5ccc6ccc7ccccc7c6c5)cc4)ccc32)cc1. The topological polar surface area (TPSA) is 8.17 Å². The molecule has 0 unspecified atom stereocenters. The fraction of sp³-hybridized carbons (Fsp3) is 0. The van der Waals surface area contributed by atoms with Crippen LogP contribution in [0.3, 0.4) is 0 Å². The lowest BCUT2D eigenvalue weighted by Crippen LogP contribution is -2.09. The predicted octanol–water partition coefficient (Wildman–Crippen LogP) is 16.3. The van der Waals surface area contributed by atoms with Crippen molar-refractivity contribution in [1.29, 1.82) is 0 Å². The van der Waals surface area contributed by atoms with E-state index >= 15 is 0 Å². The van der Waals surface area contributed by atoms with Crippen LogP contribution in [0.1, 0.15) is 0 Å². The molecule has 2 heterocycles. The molecule has 3 heteroatoms. The number of nitrogens with zero attached hydrogens (tertiary/aromatic N) is 2. The van der Waals surface area contributed by atoms with E-state index in [2.05, 4.69) is 228 Å². The van der Waals surface area contributed by atoms with Crippen LogP contribution in [0.15, 0.2) is 218 Å². The van der Waals surface area contributed by atoms with Crippen molar-refractivity contribution in [3.05, 3.63) is 218 Å². The zero-order valence-corrected chi connectivity index (χ0v) is 32.9. The number of hydrogen-bond acceptors (Lipinski definition) is 2. The van der Waals surface area contributed by atoms with Crippen LogP contribution in [-0.2, 0) is 0 Å². The number of thiophene rings is 1. The van der Waals surface area contributed by atoms with Crippen LogP contribution in [0.25, 0.3) is 91.5 Å². The Morgan fingerprint density at radius 2 is 0.932 bits per heavy atom. The summed E-state index contributed by atoms with van der Waals surface area (Å²) in [5, 5.41) is 10.1. The molecule has 0 radical (unpaired) electrons. The van der Waals surface area contributed by atoms with Crippen LogP contribution in [0, 0.1) is 0 Å². The van der Waals surface area contributed by atoms with Crippen molar-refractivity contribution in [3.63, 3.8) is 0 Å². The smallest absolute Gasteiger partial charge is 0.0541 e. The largest absolute Gasteiger partial charge is 0.310 e. The molecule has 0 aliphatic heterocycles. The van der Waals surface area contributed by atoms with Crippen LogP contribution in [-0.4, -0.2) is 4.57 Å². The fourth-order valence-corrected chi connectivity index (χ4v) is 10.3. The summed E-state index contributed by atoms with van der Waals surface area (Å²) in [7, 11) is 0. The van der Waals surface area contributed by atoms with Crippen LogP contribution in [0.2, 0.25) is 0 Å². The summed E-state index contributed by atoms with van der Waals surface area (Å²) in [6, 6.07) is 80.0. The quantitative estimate of drug-likeness (QED) is 0.153. The normalized spacial score (nSPS) is 11.7. The number of para-hydroxylation sites is 2. The first-order valence-electron chi connectivity index (χ1n) is 20.2. The van der Waals surface area contributed by atoms with E-state index in [0.717, 1.165) is 17.1 Å². The molecular weight excluding hydrogens is 733 g/mol. The molecule has 0 amide bonds. The third-order valence-corrected chi connectivity index (χ3v) is 13.1. The Labute approximate surface area is 346 Å². The maximum Gasteiger partial charge on any atom is 0.0541 e. The molecule has 0 saturated heterocycles. The zero-order valence-electron chi connectivity index (χ0n) is 32.1. The average Bonchev–Trinajstić information content (AvgIpc) is 3.86. The Bertz CT molecular complexity index is 3540. The van der Waals surface area contributed by atoms with E-state index < -0.39 is 0 Å². The van der Waals surface area contributed by atoms with Crippen LogP contribution < -0.4 is 4.90 Å². The van der Waals surface area contributed by atoms with Gasteiger partial charge in [0.15, 0.2) is 0 Å². The molecule has 59 heavy (non-hydrogen) atoms. The molecule has 0 aliphatic carbocycles. The summed E-state index contributed by atoms with van der Waals surface area (Å²) >= 11 is 1.87. The third-order valence-electron chi connectivity index (χ3n) is 12.0. The van der Waals surface area contributed by atoms with E-state index in [1.165, 1.54) is 91.5 Å². The lowest BCUT2D eigenvalue weighted by atomic mass is 9.98. The summed E-state index contributed by atoms with van der Waals surface area (Å²) < 4.78 is 5.01. The first-order valence-corrected chi connectivity index (χ1v) is 21.0. The summed E-state index contributed by atoms with van der Waals surface area (Å²) in [6.45, 7) is 0. The standard InChI is InChI=1S/C56H36N2S/c1-2-12-42(13-3-1)58-52-18-8-6-15-48(52)51-35-41(28-34-53(51)58)37-23-29-43(30-24-37)57(45-33-27-40-22-21-38-11-4-5-14-46(38)50(40)36-45)44-31-25-39(26-32-44)47-17-10-20-55-56(47)49-16-7-9-19-54(49)59-55/h1-36H. The van der Waals surface area contributed by atoms with Gasteiger partial charge in [0.1, 0.15) is 0 Å². The summed E-state index contributed by atoms with van der Waals surface area (Å²) in [4.78, 5) is 2.39. The maximum atomic E-state index is 2.39. The molecule has 12 rings (SSSR count). The summed E-state index contributed by atoms with van der Waals surface area (Å²) in [5.41, 5.74) is 11.8. The number of hydrogen-bond donors (Lipinski definition) is 0. The second-order valence-corrected chi connectivity index (χ2v) is 16.4. The van der Waals surface area contributed by atoms with Gasteiger partial charge in [-0.3, -0.25) is 0 Å². The van der Waals surface area contributed by atoms with Gasteiger partial charge in [-0.25, -0.2) is 0 Å². The highest BCUT2D eigenvalue weighted by atomic mass is 32.1. The van der Waals surface area contributed by atoms with E-state index in [0.29, 0.717) is 0 Å². The minimum Gasteiger partial charge on any atom is -0.310 e. The molecule has 2 nitrogen and oxygen atoms in total. The Hall–Kier alpha value is -7.46. The Morgan fingerprint density at radius 3 is 1.75 bits per heavy atom. The van der Waals surface area contributed by atoms with E-state index in [9.17, 15) is 0 Å². The van der Waals surface area contributed by atoms with Crippen molar-refractivity contribution < 1.29 is 0 Å². The van der Waals surface area contributed by atoms with Crippen molar-refractivity contribution in [2.75, 3.05) is 4.90 Å². The molecule has 12 aromatic rings. The molecule has 0 fully saturated rings.